The van der Waals surface area contributed by atoms with Gasteiger partial charge in [0.2, 0.25) is 0 Å². The van der Waals surface area contributed by atoms with Crippen molar-refractivity contribution >= 4 is 17.5 Å². The molecule has 0 aliphatic rings. The minimum absolute atomic E-state index is 0.160. The monoisotopic (exact) mass is 405 g/mol. The highest BCUT2D eigenvalue weighted by molar-refractivity contribution is 6.30. The summed E-state index contributed by atoms with van der Waals surface area (Å²) in [6, 6.07) is 18.9. The number of halogens is 1. The van der Waals surface area contributed by atoms with E-state index in [-0.39, 0.29) is 5.91 Å². The molecule has 0 aliphatic carbocycles. The maximum absolute atomic E-state index is 12.9. The molecule has 0 saturated carbocycles. The van der Waals surface area contributed by atoms with Crippen LogP contribution in [-0.2, 0) is 6.54 Å². The van der Waals surface area contributed by atoms with E-state index in [0.29, 0.717) is 23.0 Å². The minimum atomic E-state index is -0.160. The van der Waals surface area contributed by atoms with Crippen molar-refractivity contribution in [2.24, 2.45) is 0 Å². The van der Waals surface area contributed by atoms with Crippen LogP contribution in [0.3, 0.4) is 0 Å². The van der Waals surface area contributed by atoms with Crippen LogP contribution >= 0.6 is 11.6 Å². The summed E-state index contributed by atoms with van der Waals surface area (Å²) in [6.45, 7) is 1.36. The second kappa shape index (κ2) is 8.75. The Morgan fingerprint density at radius 1 is 1.07 bits per heavy atom. The molecule has 1 amide bonds. The van der Waals surface area contributed by atoms with Crippen LogP contribution in [0, 0.1) is 0 Å². The highest BCUT2D eigenvalue weighted by Crippen LogP contribution is 2.23. The summed E-state index contributed by atoms with van der Waals surface area (Å²) in [5, 5.41) is 8.32. The summed E-state index contributed by atoms with van der Waals surface area (Å²) in [7, 11) is 0. The number of benzene rings is 2. The number of nitrogens with one attached hydrogen (secondary N) is 1. The van der Waals surface area contributed by atoms with E-state index in [1.807, 2.05) is 65.4 Å². The molecule has 0 radical (unpaired) electrons. The number of imidazole rings is 1. The van der Waals surface area contributed by atoms with Gasteiger partial charge in [-0.1, -0.05) is 41.9 Å². The Morgan fingerprint density at radius 3 is 2.59 bits per heavy atom. The van der Waals surface area contributed by atoms with Crippen molar-refractivity contribution in [3.63, 3.8) is 0 Å². The SMILES string of the molecule is O=C(NCCCn1ccnc1)c1cc(-c2ccc(Cl)cc2)nn1-c1ccccc1. The quantitative estimate of drug-likeness (QED) is 0.468. The zero-order chi connectivity index (χ0) is 20.1. The lowest BCUT2D eigenvalue weighted by molar-refractivity contribution is 0.0945. The Bertz CT molecular complexity index is 1070. The first kappa shape index (κ1) is 19.0. The summed E-state index contributed by atoms with van der Waals surface area (Å²) in [5.74, 6) is -0.160. The fourth-order valence-corrected chi connectivity index (χ4v) is 3.17. The van der Waals surface area contributed by atoms with Gasteiger partial charge < -0.3 is 9.88 Å². The molecule has 7 heteroatoms. The number of aromatic nitrogens is 4. The molecule has 6 nitrogen and oxygen atoms in total. The van der Waals surface area contributed by atoms with Crippen molar-refractivity contribution in [2.75, 3.05) is 6.54 Å². The molecule has 0 unspecified atom stereocenters. The third kappa shape index (κ3) is 4.55. The molecule has 29 heavy (non-hydrogen) atoms. The Balaban J connectivity index is 1.55. The van der Waals surface area contributed by atoms with Gasteiger partial charge in [-0.2, -0.15) is 5.10 Å². The number of nitrogens with zero attached hydrogens (tertiary/aromatic N) is 4. The fraction of sp³-hybridized carbons (Fsp3) is 0.136. The molecule has 0 saturated heterocycles. The van der Waals surface area contributed by atoms with Crippen LogP contribution in [0.25, 0.3) is 16.9 Å². The van der Waals surface area contributed by atoms with Gasteiger partial charge in [0.1, 0.15) is 5.69 Å². The molecule has 4 rings (SSSR count). The van der Waals surface area contributed by atoms with Crippen molar-refractivity contribution < 1.29 is 4.79 Å². The standard InChI is InChI=1S/C22H20ClN5O/c23-18-9-7-17(8-10-18)20-15-21(28(26-20)19-5-2-1-3-6-19)22(29)25-11-4-13-27-14-12-24-16-27/h1-3,5-10,12,14-16H,4,11,13H2,(H,25,29). The normalized spacial score (nSPS) is 10.8. The molecule has 0 aliphatic heterocycles. The zero-order valence-electron chi connectivity index (χ0n) is 15.7. The average Bonchev–Trinajstić information content (AvgIpc) is 3.42. The maximum Gasteiger partial charge on any atom is 0.270 e. The van der Waals surface area contributed by atoms with E-state index >= 15 is 0 Å². The van der Waals surface area contributed by atoms with Gasteiger partial charge in [0.15, 0.2) is 0 Å². The van der Waals surface area contributed by atoms with Crippen molar-refractivity contribution in [1.82, 2.24) is 24.6 Å². The Labute approximate surface area is 173 Å². The van der Waals surface area contributed by atoms with E-state index in [1.165, 1.54) is 0 Å². The predicted molar refractivity (Wildman–Crippen MR) is 113 cm³/mol. The fourth-order valence-electron chi connectivity index (χ4n) is 3.04. The van der Waals surface area contributed by atoms with Crippen molar-refractivity contribution in [3.05, 3.63) is 90.1 Å². The first-order chi connectivity index (χ1) is 14.2. The number of amides is 1. The Hall–Kier alpha value is -3.38. The Morgan fingerprint density at radius 2 is 1.86 bits per heavy atom. The van der Waals surface area contributed by atoms with Crippen molar-refractivity contribution in [1.29, 1.82) is 0 Å². The summed E-state index contributed by atoms with van der Waals surface area (Å²) >= 11 is 5.99. The lowest BCUT2D eigenvalue weighted by Crippen LogP contribution is -2.27. The molecule has 0 atom stereocenters. The number of hydrogen-bond donors (Lipinski definition) is 1. The maximum atomic E-state index is 12.9. The van der Waals surface area contributed by atoms with Crippen LogP contribution < -0.4 is 5.32 Å². The second-order valence-electron chi connectivity index (χ2n) is 6.58. The first-order valence-electron chi connectivity index (χ1n) is 9.36. The number of rotatable bonds is 7. The molecule has 2 heterocycles. The highest BCUT2D eigenvalue weighted by Gasteiger charge is 2.17. The predicted octanol–water partition coefficient (Wildman–Crippen LogP) is 4.21. The van der Waals surface area contributed by atoms with Crippen LogP contribution in [0.5, 0.6) is 0 Å². The van der Waals surface area contributed by atoms with E-state index in [4.69, 9.17) is 11.6 Å². The van der Waals surface area contributed by atoms with Crippen molar-refractivity contribution in [2.45, 2.75) is 13.0 Å². The summed E-state index contributed by atoms with van der Waals surface area (Å²) in [4.78, 5) is 16.9. The summed E-state index contributed by atoms with van der Waals surface area (Å²) in [6.07, 6.45) is 6.23. The van der Waals surface area contributed by atoms with E-state index in [2.05, 4.69) is 15.4 Å². The highest BCUT2D eigenvalue weighted by atomic mass is 35.5. The molecule has 2 aromatic heterocycles. The zero-order valence-corrected chi connectivity index (χ0v) is 16.5. The number of carbonyl (C=O) groups is 1. The molecule has 1 N–H and O–H groups in total. The number of carbonyl (C=O) groups excluding carboxylic acids is 1. The van der Waals surface area contributed by atoms with Crippen LogP contribution in [0.4, 0.5) is 0 Å². The van der Waals surface area contributed by atoms with Crippen molar-refractivity contribution in [3.8, 4) is 16.9 Å². The van der Waals surface area contributed by atoms with Crippen LogP contribution in [-0.4, -0.2) is 31.8 Å². The van der Waals surface area contributed by atoms with Gasteiger partial charge in [0, 0.05) is 36.1 Å². The molecular weight excluding hydrogens is 386 g/mol. The van der Waals surface area contributed by atoms with E-state index in [0.717, 1.165) is 24.2 Å². The second-order valence-corrected chi connectivity index (χ2v) is 7.02. The average molecular weight is 406 g/mol. The van der Waals surface area contributed by atoms with E-state index < -0.39 is 0 Å². The van der Waals surface area contributed by atoms with Gasteiger partial charge in [-0.15, -0.1) is 0 Å². The Kier molecular flexibility index (Phi) is 5.72. The van der Waals surface area contributed by atoms with Gasteiger partial charge in [0.05, 0.1) is 17.7 Å². The first-order valence-corrected chi connectivity index (χ1v) is 9.74. The van der Waals surface area contributed by atoms with E-state index in [1.54, 1.807) is 23.3 Å². The smallest absolute Gasteiger partial charge is 0.270 e. The van der Waals surface area contributed by atoms with Crippen LogP contribution in [0.2, 0.25) is 5.02 Å². The largest absolute Gasteiger partial charge is 0.351 e. The third-order valence-corrected chi connectivity index (χ3v) is 4.77. The minimum Gasteiger partial charge on any atom is -0.351 e. The number of para-hydroxylation sites is 1. The molecule has 146 valence electrons. The third-order valence-electron chi connectivity index (χ3n) is 4.52. The van der Waals surface area contributed by atoms with Gasteiger partial charge in [-0.3, -0.25) is 4.79 Å². The molecule has 0 bridgehead atoms. The summed E-state index contributed by atoms with van der Waals surface area (Å²) in [5.41, 5.74) is 2.94. The molecule has 2 aromatic carbocycles. The number of aryl methyl sites for hydroxylation is 1. The topological polar surface area (TPSA) is 64.7 Å². The molecular formula is C22H20ClN5O. The van der Waals surface area contributed by atoms with E-state index in [9.17, 15) is 4.79 Å². The van der Waals surface area contributed by atoms with Gasteiger partial charge >= 0.3 is 0 Å². The van der Waals surface area contributed by atoms with Crippen LogP contribution in [0.1, 0.15) is 16.9 Å². The number of hydrogen-bond acceptors (Lipinski definition) is 3. The van der Waals surface area contributed by atoms with Gasteiger partial charge in [-0.05, 0) is 36.8 Å². The van der Waals surface area contributed by atoms with Gasteiger partial charge in [0.25, 0.3) is 5.91 Å². The molecule has 0 spiro atoms. The van der Waals surface area contributed by atoms with Gasteiger partial charge in [-0.25, -0.2) is 9.67 Å². The molecule has 4 aromatic rings. The summed E-state index contributed by atoms with van der Waals surface area (Å²) < 4.78 is 3.66. The lowest BCUT2D eigenvalue weighted by Gasteiger charge is -2.08. The lowest BCUT2D eigenvalue weighted by atomic mass is 10.1. The van der Waals surface area contributed by atoms with Crippen LogP contribution in [0.15, 0.2) is 79.4 Å². The molecule has 0 fully saturated rings.